The number of aliphatic carboxylic acids is 3. The molecule has 0 amide bonds. The molecule has 0 aromatic heterocycles. The number of carboxylic acids is 3. The number of carbonyl (C=O) groups is 3. The minimum atomic E-state index is -1.48. The first-order valence-corrected chi connectivity index (χ1v) is 15.5. The van der Waals surface area contributed by atoms with E-state index in [1.807, 2.05) is 12.2 Å². The van der Waals surface area contributed by atoms with E-state index in [4.69, 9.17) is 0 Å². The highest BCUT2D eigenvalue weighted by atomic mass is 16.4. The van der Waals surface area contributed by atoms with Crippen LogP contribution in [0.1, 0.15) is 128 Å². The molecule has 3 N–H and O–H groups in total. The van der Waals surface area contributed by atoms with E-state index in [1.165, 1.54) is 32.1 Å². The standard InChI is InChI=1S/C32H48N4O6/c37-29(38)23-28-32(24-30(39)40,25-31(41)42)22-18-14-10-9-13-17-21-27(33-35-36-34-28)26-19-15-11-7-5-3-1-2-4-6-8-12-16-20-26/h5,7,11,15,19H,1-4,6,8-10,12-14,16-18,20-25H2,(H,37,38)(H,39,40)(H,41,42)/b7-5+,15-11-,26-19+,33-27-,34-28+,36-35-. The van der Waals surface area contributed by atoms with Gasteiger partial charge in [-0.1, -0.05) is 94.6 Å². The first-order valence-electron chi connectivity index (χ1n) is 15.5. The molecule has 1 aliphatic heterocycles. The summed E-state index contributed by atoms with van der Waals surface area (Å²) in [5, 5.41) is 45.1. The molecule has 0 unspecified atom stereocenters. The quantitative estimate of drug-likeness (QED) is 0.273. The molecule has 42 heavy (non-hydrogen) atoms. The van der Waals surface area contributed by atoms with E-state index in [-0.39, 0.29) is 12.1 Å². The van der Waals surface area contributed by atoms with Gasteiger partial charge in [-0.25, -0.2) is 0 Å². The fraction of sp³-hybridized carbons (Fsp3) is 0.656. The number of hydrogen-bond acceptors (Lipinski definition) is 7. The Morgan fingerprint density at radius 3 is 1.86 bits per heavy atom. The molecule has 1 heterocycles. The van der Waals surface area contributed by atoms with Gasteiger partial charge in [-0.05, 0) is 61.0 Å². The zero-order valence-corrected chi connectivity index (χ0v) is 24.9. The fourth-order valence-corrected chi connectivity index (χ4v) is 5.72. The molecule has 0 fully saturated rings. The third-order valence-corrected chi connectivity index (χ3v) is 7.94. The van der Waals surface area contributed by atoms with Gasteiger partial charge < -0.3 is 15.3 Å². The lowest BCUT2D eigenvalue weighted by molar-refractivity contribution is -0.143. The zero-order valence-electron chi connectivity index (χ0n) is 24.9. The predicted molar refractivity (Wildman–Crippen MR) is 164 cm³/mol. The van der Waals surface area contributed by atoms with Gasteiger partial charge in [-0.3, -0.25) is 14.4 Å². The summed E-state index contributed by atoms with van der Waals surface area (Å²) >= 11 is 0. The van der Waals surface area contributed by atoms with Crippen LogP contribution in [0.2, 0.25) is 0 Å². The molecule has 10 heteroatoms. The monoisotopic (exact) mass is 584 g/mol. The van der Waals surface area contributed by atoms with Gasteiger partial charge in [0.1, 0.15) is 0 Å². The van der Waals surface area contributed by atoms with E-state index in [0.717, 1.165) is 75.5 Å². The summed E-state index contributed by atoms with van der Waals surface area (Å²) in [6.45, 7) is 0. The van der Waals surface area contributed by atoms with Crippen LogP contribution in [0.15, 0.2) is 56.6 Å². The van der Waals surface area contributed by atoms with Crippen molar-refractivity contribution in [2.24, 2.45) is 26.1 Å². The van der Waals surface area contributed by atoms with Crippen LogP contribution in [0, 0.1) is 5.41 Å². The van der Waals surface area contributed by atoms with Crippen LogP contribution >= 0.6 is 0 Å². The Morgan fingerprint density at radius 2 is 1.21 bits per heavy atom. The molecule has 0 aromatic rings. The average molecular weight is 585 g/mol. The van der Waals surface area contributed by atoms with Crippen LogP contribution in [-0.4, -0.2) is 44.7 Å². The molecule has 0 saturated heterocycles. The van der Waals surface area contributed by atoms with E-state index >= 15 is 0 Å². The fourth-order valence-electron chi connectivity index (χ4n) is 5.72. The van der Waals surface area contributed by atoms with E-state index in [1.54, 1.807) is 0 Å². The second kappa shape index (κ2) is 20.4. The molecule has 0 atom stereocenters. The maximum Gasteiger partial charge on any atom is 0.309 e. The highest BCUT2D eigenvalue weighted by molar-refractivity contribution is 6.04. The van der Waals surface area contributed by atoms with Crippen molar-refractivity contribution in [1.29, 1.82) is 0 Å². The third-order valence-electron chi connectivity index (χ3n) is 7.94. The minimum absolute atomic E-state index is 0.0991. The van der Waals surface area contributed by atoms with Crippen LogP contribution in [0.4, 0.5) is 0 Å². The average Bonchev–Trinajstić information content (AvgIpc) is 2.93. The number of nitrogens with zero attached hydrogens (tertiary/aromatic N) is 4. The third kappa shape index (κ3) is 14.5. The molecule has 2 rings (SSSR count). The van der Waals surface area contributed by atoms with Crippen LogP contribution < -0.4 is 0 Å². The normalized spacial score (nSPS) is 26.4. The molecule has 10 nitrogen and oxygen atoms in total. The molecule has 1 aliphatic carbocycles. The highest BCUT2D eigenvalue weighted by Gasteiger charge is 2.41. The largest absolute Gasteiger partial charge is 0.481 e. The molecule has 0 saturated carbocycles. The van der Waals surface area contributed by atoms with Crippen LogP contribution in [0.25, 0.3) is 0 Å². The molecular weight excluding hydrogens is 536 g/mol. The summed E-state index contributed by atoms with van der Waals surface area (Å²) in [5.41, 5.74) is 0.313. The van der Waals surface area contributed by atoms with Gasteiger partial charge >= 0.3 is 17.9 Å². The van der Waals surface area contributed by atoms with E-state index in [2.05, 4.69) is 38.9 Å². The lowest BCUT2D eigenvalue weighted by Gasteiger charge is -2.31. The maximum atomic E-state index is 11.8. The summed E-state index contributed by atoms with van der Waals surface area (Å²) < 4.78 is 0. The van der Waals surface area contributed by atoms with Crippen molar-refractivity contribution in [1.82, 2.24) is 0 Å². The highest BCUT2D eigenvalue weighted by Crippen LogP contribution is 2.37. The van der Waals surface area contributed by atoms with Crippen molar-refractivity contribution >= 4 is 29.3 Å². The number of rotatable bonds is 7. The number of hydrogen-bond donors (Lipinski definition) is 3. The smallest absolute Gasteiger partial charge is 0.309 e. The maximum absolute atomic E-state index is 11.8. The molecular formula is C32H48N4O6. The van der Waals surface area contributed by atoms with Gasteiger partial charge in [-0.2, -0.15) is 0 Å². The Hall–Kier alpha value is -3.43. The Morgan fingerprint density at radius 1 is 0.643 bits per heavy atom. The molecule has 2 aliphatic rings. The Kier molecular flexibility index (Phi) is 16.9. The first-order chi connectivity index (χ1) is 20.3. The second-order valence-electron chi connectivity index (χ2n) is 11.4. The van der Waals surface area contributed by atoms with Gasteiger partial charge in [0.15, 0.2) is 0 Å². The Balaban J connectivity index is 2.48. The van der Waals surface area contributed by atoms with Gasteiger partial charge in [-0.15, -0.1) is 10.2 Å². The topological polar surface area (TPSA) is 161 Å². The Bertz CT molecular complexity index is 1040. The van der Waals surface area contributed by atoms with Crippen LogP contribution in [0.5, 0.6) is 0 Å². The van der Waals surface area contributed by atoms with E-state index in [0.29, 0.717) is 6.42 Å². The van der Waals surface area contributed by atoms with Crippen molar-refractivity contribution in [3.63, 3.8) is 0 Å². The van der Waals surface area contributed by atoms with E-state index < -0.39 is 42.6 Å². The van der Waals surface area contributed by atoms with Gasteiger partial charge in [0.05, 0.1) is 30.7 Å². The predicted octanol–water partition coefficient (Wildman–Crippen LogP) is 8.26. The number of allylic oxidation sites excluding steroid dienone is 6. The van der Waals surface area contributed by atoms with Crippen molar-refractivity contribution in [3.8, 4) is 0 Å². The molecule has 0 bridgehead atoms. The second-order valence-corrected chi connectivity index (χ2v) is 11.4. The SMILES string of the molecule is O=C(O)C\C1=N/N=N\N=C(/C2=C/C=C\C=C\CCCCCCCCC2)CCCCCCCCC1(CC(=O)O)CC(=O)O. The summed E-state index contributed by atoms with van der Waals surface area (Å²) in [4.78, 5) is 35.4. The van der Waals surface area contributed by atoms with Crippen LogP contribution in [0.3, 0.4) is 0 Å². The van der Waals surface area contributed by atoms with Crippen molar-refractivity contribution in [2.45, 2.75) is 128 Å². The summed E-state index contributed by atoms with van der Waals surface area (Å²) in [6.07, 6.45) is 25.1. The van der Waals surface area contributed by atoms with Gasteiger partial charge in [0, 0.05) is 5.41 Å². The summed E-state index contributed by atoms with van der Waals surface area (Å²) in [5.74, 6) is -3.68. The number of carboxylic acid groups (broad SMARTS) is 3. The lowest BCUT2D eigenvalue weighted by atomic mass is 9.71. The van der Waals surface area contributed by atoms with Crippen molar-refractivity contribution < 1.29 is 29.7 Å². The van der Waals surface area contributed by atoms with Gasteiger partial charge in [0.25, 0.3) is 0 Å². The van der Waals surface area contributed by atoms with Crippen molar-refractivity contribution in [3.05, 3.63) is 36.0 Å². The molecule has 0 radical (unpaired) electrons. The lowest BCUT2D eigenvalue weighted by Crippen LogP contribution is -2.37. The molecule has 0 spiro atoms. The first kappa shape index (κ1) is 34.8. The zero-order chi connectivity index (χ0) is 30.5. The molecule has 0 aromatic carbocycles. The summed E-state index contributed by atoms with van der Waals surface area (Å²) in [6, 6.07) is 0. The molecule has 232 valence electrons. The van der Waals surface area contributed by atoms with Gasteiger partial charge in [0.2, 0.25) is 0 Å². The van der Waals surface area contributed by atoms with E-state index in [9.17, 15) is 29.7 Å². The Labute approximate surface area is 249 Å². The van der Waals surface area contributed by atoms with Crippen molar-refractivity contribution in [2.75, 3.05) is 0 Å². The van der Waals surface area contributed by atoms with Crippen LogP contribution in [-0.2, 0) is 14.4 Å². The minimum Gasteiger partial charge on any atom is -0.481 e. The summed E-state index contributed by atoms with van der Waals surface area (Å²) in [7, 11) is 0.